The molecular formula is C15H15NO2. The molecule has 3 heteroatoms. The summed E-state index contributed by atoms with van der Waals surface area (Å²) in [6.45, 7) is 0.483. The lowest BCUT2D eigenvalue weighted by molar-refractivity contribution is 0.0489. The molecule has 0 aliphatic carbocycles. The van der Waals surface area contributed by atoms with E-state index in [1.54, 1.807) is 0 Å². The monoisotopic (exact) mass is 241 g/mol. The van der Waals surface area contributed by atoms with Gasteiger partial charge in [0.25, 0.3) is 0 Å². The van der Waals surface area contributed by atoms with E-state index >= 15 is 0 Å². The number of hydrogen-bond donors (Lipinski definition) is 2. The first-order valence-electron chi connectivity index (χ1n) is 6.07. The van der Waals surface area contributed by atoms with Crippen molar-refractivity contribution in [2.24, 2.45) is 0 Å². The number of β-amino-alcohol motifs (C(OH)–C–C–N with tert-alkyl or cyclic N) is 1. The van der Waals surface area contributed by atoms with Gasteiger partial charge in [-0.2, -0.15) is 0 Å². The smallest absolute Gasteiger partial charge is 0.151 e. The predicted octanol–water partition coefficient (Wildman–Crippen LogP) is 2.59. The number of anilines is 1. The first-order chi connectivity index (χ1) is 8.84. The van der Waals surface area contributed by atoms with E-state index in [0.717, 1.165) is 17.0 Å². The maximum Gasteiger partial charge on any atom is 0.151 e. The molecule has 2 aromatic rings. The molecule has 0 saturated carbocycles. The van der Waals surface area contributed by atoms with Crippen LogP contribution in [0.15, 0.2) is 54.6 Å². The predicted molar refractivity (Wildman–Crippen MR) is 70.7 cm³/mol. The third kappa shape index (κ3) is 2.05. The van der Waals surface area contributed by atoms with E-state index in [-0.39, 0.29) is 6.10 Å². The number of aliphatic hydroxyl groups is 1. The maximum atomic E-state index is 10.2. The second-order valence-electron chi connectivity index (χ2n) is 4.39. The molecule has 0 radical (unpaired) electrons. The first-order valence-corrected chi connectivity index (χ1v) is 6.07. The van der Waals surface area contributed by atoms with Gasteiger partial charge in [-0.1, -0.05) is 42.5 Å². The molecule has 92 valence electrons. The SMILES string of the molecule is O[C@H]1CNc2ccccc2O[C@H]1c1ccccc1. The molecule has 0 saturated heterocycles. The van der Waals surface area contributed by atoms with E-state index in [0.29, 0.717) is 6.54 Å². The normalized spacial score (nSPS) is 22.3. The Morgan fingerprint density at radius 2 is 1.72 bits per heavy atom. The van der Waals surface area contributed by atoms with Gasteiger partial charge in [0.1, 0.15) is 11.9 Å². The Hall–Kier alpha value is -2.00. The van der Waals surface area contributed by atoms with Gasteiger partial charge in [-0.05, 0) is 17.7 Å². The van der Waals surface area contributed by atoms with Gasteiger partial charge in [0.2, 0.25) is 0 Å². The summed E-state index contributed by atoms with van der Waals surface area (Å²) in [5, 5.41) is 13.4. The third-order valence-corrected chi connectivity index (χ3v) is 3.12. The van der Waals surface area contributed by atoms with Gasteiger partial charge in [-0.3, -0.25) is 0 Å². The maximum absolute atomic E-state index is 10.2. The van der Waals surface area contributed by atoms with Crippen LogP contribution in [0, 0.1) is 0 Å². The lowest BCUT2D eigenvalue weighted by Crippen LogP contribution is -2.27. The van der Waals surface area contributed by atoms with Crippen molar-refractivity contribution in [3.05, 3.63) is 60.2 Å². The summed E-state index contributed by atoms with van der Waals surface area (Å²) in [5.74, 6) is 0.780. The van der Waals surface area contributed by atoms with Crippen LogP contribution in [0.3, 0.4) is 0 Å². The van der Waals surface area contributed by atoms with Gasteiger partial charge in [0.15, 0.2) is 6.10 Å². The van der Waals surface area contributed by atoms with E-state index in [4.69, 9.17) is 4.74 Å². The summed E-state index contributed by atoms with van der Waals surface area (Å²) >= 11 is 0. The van der Waals surface area contributed by atoms with Crippen molar-refractivity contribution >= 4 is 5.69 Å². The van der Waals surface area contributed by atoms with Crippen LogP contribution in [-0.4, -0.2) is 17.8 Å². The Balaban J connectivity index is 1.96. The minimum Gasteiger partial charge on any atom is -0.481 e. The average molecular weight is 241 g/mol. The standard InChI is InChI=1S/C15H15NO2/c17-13-10-16-12-8-4-5-9-14(12)18-15(13)11-6-2-1-3-7-11/h1-9,13,15-17H,10H2/t13-,15-/m0/s1. The number of ether oxygens (including phenoxy) is 1. The van der Waals surface area contributed by atoms with Gasteiger partial charge in [0.05, 0.1) is 5.69 Å². The Labute approximate surface area is 106 Å². The molecule has 0 aromatic heterocycles. The first kappa shape index (κ1) is 11.1. The molecule has 2 N–H and O–H groups in total. The summed E-state index contributed by atoms with van der Waals surface area (Å²) in [7, 11) is 0. The van der Waals surface area contributed by atoms with Crippen LogP contribution < -0.4 is 10.1 Å². The molecule has 0 unspecified atom stereocenters. The van der Waals surface area contributed by atoms with E-state index < -0.39 is 6.10 Å². The van der Waals surface area contributed by atoms with E-state index in [1.165, 1.54) is 0 Å². The van der Waals surface area contributed by atoms with Crippen molar-refractivity contribution < 1.29 is 9.84 Å². The van der Waals surface area contributed by atoms with E-state index in [2.05, 4.69) is 5.32 Å². The number of fused-ring (bicyclic) bond motifs is 1. The zero-order valence-electron chi connectivity index (χ0n) is 9.91. The van der Waals surface area contributed by atoms with Crippen LogP contribution in [0.1, 0.15) is 11.7 Å². The fourth-order valence-corrected chi connectivity index (χ4v) is 2.19. The van der Waals surface area contributed by atoms with Crippen molar-refractivity contribution in [3.63, 3.8) is 0 Å². The van der Waals surface area contributed by atoms with Gasteiger partial charge in [-0.15, -0.1) is 0 Å². The molecular weight excluding hydrogens is 226 g/mol. The lowest BCUT2D eigenvalue weighted by Gasteiger charge is -2.21. The van der Waals surface area contributed by atoms with Crippen LogP contribution in [0.4, 0.5) is 5.69 Å². The van der Waals surface area contributed by atoms with Crippen LogP contribution in [-0.2, 0) is 0 Å². The highest BCUT2D eigenvalue weighted by Crippen LogP contribution is 2.33. The highest BCUT2D eigenvalue weighted by molar-refractivity contribution is 5.57. The summed E-state index contributed by atoms with van der Waals surface area (Å²) in [6, 6.07) is 17.6. The van der Waals surface area contributed by atoms with Crippen molar-refractivity contribution in [2.45, 2.75) is 12.2 Å². The average Bonchev–Trinajstić information content (AvgIpc) is 2.60. The Kier molecular flexibility index (Phi) is 2.90. The van der Waals surface area contributed by atoms with Gasteiger partial charge >= 0.3 is 0 Å². The Bertz CT molecular complexity index is 527. The molecule has 1 aliphatic heterocycles. The Morgan fingerprint density at radius 3 is 2.56 bits per heavy atom. The fourth-order valence-electron chi connectivity index (χ4n) is 2.19. The van der Waals surface area contributed by atoms with Crippen molar-refractivity contribution in [3.8, 4) is 5.75 Å². The zero-order chi connectivity index (χ0) is 12.4. The molecule has 1 aliphatic rings. The summed E-state index contributed by atoms with van der Waals surface area (Å²) in [4.78, 5) is 0. The van der Waals surface area contributed by atoms with Crippen LogP contribution in [0.2, 0.25) is 0 Å². The molecule has 2 atom stereocenters. The third-order valence-electron chi connectivity index (χ3n) is 3.12. The van der Waals surface area contributed by atoms with Gasteiger partial charge in [0, 0.05) is 6.54 Å². The molecule has 0 fully saturated rings. The molecule has 2 aromatic carbocycles. The van der Waals surface area contributed by atoms with Gasteiger partial charge < -0.3 is 15.2 Å². The number of benzene rings is 2. The summed E-state index contributed by atoms with van der Waals surface area (Å²) < 4.78 is 5.94. The largest absolute Gasteiger partial charge is 0.481 e. The van der Waals surface area contributed by atoms with E-state index in [9.17, 15) is 5.11 Å². The fraction of sp³-hybridized carbons (Fsp3) is 0.200. The van der Waals surface area contributed by atoms with Crippen molar-refractivity contribution in [1.29, 1.82) is 0 Å². The lowest BCUT2D eigenvalue weighted by atomic mass is 10.0. The molecule has 0 spiro atoms. The molecule has 1 heterocycles. The summed E-state index contributed by atoms with van der Waals surface area (Å²) in [5.41, 5.74) is 1.92. The van der Waals surface area contributed by atoms with Crippen LogP contribution >= 0.6 is 0 Å². The molecule has 3 nitrogen and oxygen atoms in total. The summed E-state index contributed by atoms with van der Waals surface area (Å²) in [6.07, 6.45) is -0.901. The van der Waals surface area contributed by atoms with Crippen molar-refractivity contribution in [2.75, 3.05) is 11.9 Å². The molecule has 18 heavy (non-hydrogen) atoms. The minimum atomic E-state index is -0.570. The van der Waals surface area contributed by atoms with Crippen LogP contribution in [0.25, 0.3) is 0 Å². The van der Waals surface area contributed by atoms with Crippen LogP contribution in [0.5, 0.6) is 5.75 Å². The highest BCUT2D eigenvalue weighted by Gasteiger charge is 2.26. The second kappa shape index (κ2) is 4.70. The highest BCUT2D eigenvalue weighted by atomic mass is 16.5. The quantitative estimate of drug-likeness (QED) is 0.806. The molecule has 0 bridgehead atoms. The second-order valence-corrected chi connectivity index (χ2v) is 4.39. The number of para-hydroxylation sites is 2. The topological polar surface area (TPSA) is 41.5 Å². The number of hydrogen-bond acceptors (Lipinski definition) is 3. The number of rotatable bonds is 1. The minimum absolute atomic E-state index is 0.331. The van der Waals surface area contributed by atoms with Crippen molar-refractivity contribution in [1.82, 2.24) is 0 Å². The number of nitrogens with one attached hydrogen (secondary N) is 1. The molecule has 0 amide bonds. The van der Waals surface area contributed by atoms with E-state index in [1.807, 2.05) is 54.6 Å². The molecule has 3 rings (SSSR count). The Morgan fingerprint density at radius 1 is 1.00 bits per heavy atom. The number of aliphatic hydroxyl groups excluding tert-OH is 1. The van der Waals surface area contributed by atoms with Gasteiger partial charge in [-0.25, -0.2) is 0 Å². The zero-order valence-corrected chi connectivity index (χ0v) is 9.91.